The van der Waals surface area contributed by atoms with E-state index in [1.54, 1.807) is 0 Å². The van der Waals surface area contributed by atoms with Crippen LogP contribution >= 0.6 is 0 Å². The number of Topliss-reactive ketones (excluding diaryl/α,β-unsaturated/α-hetero) is 1. The van der Waals surface area contributed by atoms with E-state index in [9.17, 15) is 9.59 Å². The fourth-order valence-electron chi connectivity index (χ4n) is 2.04. The highest BCUT2D eigenvalue weighted by Gasteiger charge is 2.42. The first-order chi connectivity index (χ1) is 7.22. The van der Waals surface area contributed by atoms with Crippen LogP contribution in [0.2, 0.25) is 0 Å². The van der Waals surface area contributed by atoms with Crippen LogP contribution < -0.4 is 5.32 Å². The van der Waals surface area contributed by atoms with Crippen LogP contribution in [0, 0.1) is 17.8 Å². The maximum absolute atomic E-state index is 11.9. The van der Waals surface area contributed by atoms with Gasteiger partial charge in [-0.2, -0.15) is 0 Å². The molecule has 1 rings (SSSR count). The van der Waals surface area contributed by atoms with Crippen molar-refractivity contribution in [2.45, 2.75) is 53.0 Å². The Morgan fingerprint density at radius 3 is 1.94 bits per heavy atom. The first-order valence-corrected chi connectivity index (χ1v) is 6.08. The van der Waals surface area contributed by atoms with Gasteiger partial charge < -0.3 is 5.32 Å². The van der Waals surface area contributed by atoms with Crippen molar-refractivity contribution in [3.05, 3.63) is 0 Å². The molecule has 0 saturated heterocycles. The third-order valence-corrected chi connectivity index (χ3v) is 3.04. The van der Waals surface area contributed by atoms with Crippen LogP contribution in [0.4, 0.5) is 0 Å². The van der Waals surface area contributed by atoms with E-state index < -0.39 is 0 Å². The average Bonchev–Trinajstić information content (AvgIpc) is 1.97. The zero-order chi connectivity index (χ0) is 12.5. The quantitative estimate of drug-likeness (QED) is 0.800. The Balaban J connectivity index is 2.56. The molecule has 0 heterocycles. The molecular formula is C13H23NO2. The molecule has 0 radical (unpaired) electrons. The fraction of sp³-hybridized carbons (Fsp3) is 0.846. The molecule has 1 aliphatic rings. The van der Waals surface area contributed by atoms with E-state index in [0.717, 1.165) is 12.8 Å². The lowest BCUT2D eigenvalue weighted by Crippen LogP contribution is -2.50. The van der Waals surface area contributed by atoms with Crippen LogP contribution in [-0.4, -0.2) is 17.2 Å². The molecule has 0 aromatic heterocycles. The molecular weight excluding hydrogens is 202 g/mol. The molecule has 0 unspecified atom stereocenters. The molecule has 0 spiro atoms. The van der Waals surface area contributed by atoms with Gasteiger partial charge in [0.25, 0.3) is 0 Å². The predicted molar refractivity (Wildman–Crippen MR) is 64.0 cm³/mol. The summed E-state index contributed by atoms with van der Waals surface area (Å²) in [4.78, 5) is 23.7. The number of carbonyl (C=O) groups is 2. The molecule has 0 aromatic rings. The molecule has 3 nitrogen and oxygen atoms in total. The zero-order valence-electron chi connectivity index (χ0n) is 11.0. The number of carbonyl (C=O) groups excluding carboxylic acids is 2. The Labute approximate surface area is 98.0 Å². The summed E-state index contributed by atoms with van der Waals surface area (Å²) >= 11 is 0. The van der Waals surface area contributed by atoms with E-state index in [-0.39, 0.29) is 35.0 Å². The van der Waals surface area contributed by atoms with Crippen molar-refractivity contribution in [3.63, 3.8) is 0 Å². The minimum atomic E-state index is -0.210. The van der Waals surface area contributed by atoms with Gasteiger partial charge in [-0.3, -0.25) is 9.59 Å². The van der Waals surface area contributed by atoms with Crippen molar-refractivity contribution in [3.8, 4) is 0 Å². The van der Waals surface area contributed by atoms with Crippen LogP contribution in [0.1, 0.15) is 47.5 Å². The van der Waals surface area contributed by atoms with Gasteiger partial charge in [-0.1, -0.05) is 13.8 Å². The van der Waals surface area contributed by atoms with Crippen molar-refractivity contribution in [1.82, 2.24) is 5.32 Å². The molecule has 1 fully saturated rings. The van der Waals surface area contributed by atoms with E-state index in [2.05, 4.69) is 5.32 Å². The molecule has 1 amide bonds. The monoisotopic (exact) mass is 225 g/mol. The van der Waals surface area contributed by atoms with Gasteiger partial charge in [0.2, 0.25) is 5.91 Å². The minimum Gasteiger partial charge on any atom is -0.351 e. The summed E-state index contributed by atoms with van der Waals surface area (Å²) in [5.74, 6) is 0.185. The van der Waals surface area contributed by atoms with Gasteiger partial charge >= 0.3 is 0 Å². The van der Waals surface area contributed by atoms with Crippen LogP contribution in [0.25, 0.3) is 0 Å². The second-order valence-corrected chi connectivity index (χ2v) is 6.09. The number of hydrogen-bond acceptors (Lipinski definition) is 2. The van der Waals surface area contributed by atoms with Gasteiger partial charge in [0.05, 0.1) is 0 Å². The Bertz CT molecular complexity index is 289. The Hall–Kier alpha value is -0.860. The lowest BCUT2D eigenvalue weighted by atomic mass is 9.68. The van der Waals surface area contributed by atoms with Crippen molar-refractivity contribution in [2.75, 3.05) is 0 Å². The van der Waals surface area contributed by atoms with E-state index >= 15 is 0 Å². The third kappa shape index (κ3) is 3.06. The molecule has 92 valence electrons. The van der Waals surface area contributed by atoms with Crippen molar-refractivity contribution in [2.24, 2.45) is 17.8 Å². The first kappa shape index (κ1) is 13.2. The van der Waals surface area contributed by atoms with Gasteiger partial charge in [-0.25, -0.2) is 0 Å². The molecule has 3 heteroatoms. The maximum Gasteiger partial charge on any atom is 0.224 e. The molecule has 0 bridgehead atoms. The largest absolute Gasteiger partial charge is 0.351 e. The first-order valence-electron chi connectivity index (χ1n) is 6.08. The fourth-order valence-corrected chi connectivity index (χ4v) is 2.04. The van der Waals surface area contributed by atoms with E-state index in [1.807, 2.05) is 34.6 Å². The lowest BCUT2D eigenvalue weighted by Gasteiger charge is -2.37. The molecule has 1 saturated carbocycles. The average molecular weight is 225 g/mol. The highest BCUT2D eigenvalue weighted by Crippen LogP contribution is 2.37. The number of nitrogens with one attached hydrogen (secondary N) is 1. The van der Waals surface area contributed by atoms with Gasteiger partial charge in [-0.15, -0.1) is 0 Å². The SMILES string of the molecule is CC(C)C(=O)[C@@H]1CC[C@H]1C(=O)NC(C)(C)C. The number of hydrogen-bond donors (Lipinski definition) is 1. The second kappa shape index (κ2) is 4.56. The molecule has 2 atom stereocenters. The van der Waals surface area contributed by atoms with Crippen molar-refractivity contribution < 1.29 is 9.59 Å². The van der Waals surface area contributed by atoms with Crippen LogP contribution in [-0.2, 0) is 9.59 Å². The highest BCUT2D eigenvalue weighted by atomic mass is 16.2. The Morgan fingerprint density at radius 2 is 1.62 bits per heavy atom. The molecule has 1 aliphatic carbocycles. The number of amides is 1. The lowest BCUT2D eigenvalue weighted by molar-refractivity contribution is -0.141. The summed E-state index contributed by atoms with van der Waals surface area (Å²) in [7, 11) is 0. The number of ketones is 1. The Kier molecular flexibility index (Phi) is 3.76. The van der Waals surface area contributed by atoms with Gasteiger partial charge in [0, 0.05) is 23.3 Å². The van der Waals surface area contributed by atoms with Crippen LogP contribution in [0.3, 0.4) is 0 Å². The summed E-state index contributed by atoms with van der Waals surface area (Å²) in [6.07, 6.45) is 1.73. The highest BCUT2D eigenvalue weighted by molar-refractivity contribution is 5.91. The molecule has 1 N–H and O–H groups in total. The van der Waals surface area contributed by atoms with Crippen molar-refractivity contribution in [1.29, 1.82) is 0 Å². The normalized spacial score (nSPS) is 25.1. The third-order valence-electron chi connectivity index (χ3n) is 3.04. The van der Waals surface area contributed by atoms with Crippen molar-refractivity contribution >= 4 is 11.7 Å². The second-order valence-electron chi connectivity index (χ2n) is 6.09. The van der Waals surface area contributed by atoms with Crippen LogP contribution in [0.5, 0.6) is 0 Å². The minimum absolute atomic E-state index is 0.0373. The van der Waals surface area contributed by atoms with Gasteiger partial charge in [0.15, 0.2) is 0 Å². The summed E-state index contributed by atoms with van der Waals surface area (Å²) in [5, 5.41) is 2.95. The standard InChI is InChI=1S/C13H23NO2/c1-8(2)11(15)9-6-7-10(9)12(16)14-13(3,4)5/h8-10H,6-7H2,1-5H3,(H,14,16)/t9-,10-/m1/s1. The summed E-state index contributed by atoms with van der Waals surface area (Å²) in [5.41, 5.74) is -0.210. The summed E-state index contributed by atoms with van der Waals surface area (Å²) < 4.78 is 0. The van der Waals surface area contributed by atoms with E-state index in [1.165, 1.54) is 0 Å². The zero-order valence-corrected chi connectivity index (χ0v) is 11.0. The smallest absolute Gasteiger partial charge is 0.224 e. The molecule has 16 heavy (non-hydrogen) atoms. The molecule has 0 aliphatic heterocycles. The molecule has 0 aromatic carbocycles. The maximum atomic E-state index is 11.9. The van der Waals surface area contributed by atoms with Gasteiger partial charge in [-0.05, 0) is 33.6 Å². The van der Waals surface area contributed by atoms with E-state index in [4.69, 9.17) is 0 Å². The van der Waals surface area contributed by atoms with E-state index in [0.29, 0.717) is 0 Å². The summed E-state index contributed by atoms with van der Waals surface area (Å²) in [6, 6.07) is 0. The topological polar surface area (TPSA) is 46.2 Å². The Morgan fingerprint density at radius 1 is 1.12 bits per heavy atom. The summed E-state index contributed by atoms with van der Waals surface area (Å²) in [6.45, 7) is 9.69. The number of rotatable bonds is 3. The van der Waals surface area contributed by atoms with Gasteiger partial charge in [0.1, 0.15) is 5.78 Å². The predicted octanol–water partition coefficient (Wildman–Crippen LogP) is 2.15. The van der Waals surface area contributed by atoms with Crippen LogP contribution in [0.15, 0.2) is 0 Å².